The van der Waals surface area contributed by atoms with E-state index in [1.807, 2.05) is 42.2 Å². The summed E-state index contributed by atoms with van der Waals surface area (Å²) in [6, 6.07) is 14.1. The van der Waals surface area contributed by atoms with Gasteiger partial charge in [0, 0.05) is 24.7 Å². The third-order valence-electron chi connectivity index (χ3n) is 4.91. The summed E-state index contributed by atoms with van der Waals surface area (Å²) in [4.78, 5) is 19.7. The van der Waals surface area contributed by atoms with E-state index >= 15 is 0 Å². The van der Waals surface area contributed by atoms with Gasteiger partial charge in [-0.3, -0.25) is 9.78 Å². The topological polar surface area (TPSA) is 42.4 Å². The quantitative estimate of drug-likeness (QED) is 0.665. The van der Waals surface area contributed by atoms with E-state index in [-0.39, 0.29) is 18.1 Å². The van der Waals surface area contributed by atoms with Gasteiger partial charge in [-0.05, 0) is 36.2 Å². The van der Waals surface area contributed by atoms with Gasteiger partial charge in [0.25, 0.3) is 5.91 Å². The van der Waals surface area contributed by atoms with E-state index in [0.717, 1.165) is 28.1 Å². The predicted octanol–water partition coefficient (Wildman–Crippen LogP) is 4.03. The highest BCUT2D eigenvalue weighted by atomic mass is 16.5. The molecule has 1 aromatic heterocycles. The van der Waals surface area contributed by atoms with Gasteiger partial charge in [0.2, 0.25) is 0 Å². The average Bonchev–Trinajstić information content (AvgIpc) is 2.66. The molecule has 0 aliphatic carbocycles. The molecule has 0 bridgehead atoms. The Balaban J connectivity index is 1.83. The Bertz CT molecular complexity index is 937. The van der Waals surface area contributed by atoms with Crippen molar-refractivity contribution in [3.05, 3.63) is 54.2 Å². The van der Waals surface area contributed by atoms with Gasteiger partial charge in [-0.2, -0.15) is 0 Å². The van der Waals surface area contributed by atoms with Gasteiger partial charge < -0.3 is 9.64 Å². The molecule has 1 aliphatic heterocycles. The van der Waals surface area contributed by atoms with Crippen LogP contribution in [0.2, 0.25) is 0 Å². The lowest BCUT2D eigenvalue weighted by Gasteiger charge is -2.36. The number of nitrogens with zero attached hydrogens (tertiary/aromatic N) is 2. The highest BCUT2D eigenvalue weighted by Crippen LogP contribution is 2.28. The van der Waals surface area contributed by atoms with Crippen LogP contribution in [-0.4, -0.2) is 41.1 Å². The fourth-order valence-electron chi connectivity index (χ4n) is 3.70. The maximum Gasteiger partial charge on any atom is 0.256 e. The van der Waals surface area contributed by atoms with Crippen LogP contribution in [0.25, 0.3) is 21.7 Å². The normalized spacial score (nSPS) is 21.0. The number of benzene rings is 2. The first kappa shape index (κ1) is 16.0. The van der Waals surface area contributed by atoms with Crippen LogP contribution < -0.4 is 0 Å². The standard InChI is InChI=1S/C21H22N2O2/c1-3-16-13-23(12-14(2)25-16)21(24)19-11-15-7-4-5-8-17(15)18-9-6-10-22-20(18)19/h4-11,14,16H,3,12-13H2,1-2H3. The molecule has 0 N–H and O–H groups in total. The van der Waals surface area contributed by atoms with Crippen molar-refractivity contribution in [3.8, 4) is 0 Å². The summed E-state index contributed by atoms with van der Waals surface area (Å²) in [6.07, 6.45) is 2.82. The van der Waals surface area contributed by atoms with Gasteiger partial charge in [-0.1, -0.05) is 37.3 Å². The zero-order valence-electron chi connectivity index (χ0n) is 14.6. The second kappa shape index (κ2) is 6.45. The Labute approximate surface area is 147 Å². The minimum absolute atomic E-state index is 0.0445. The van der Waals surface area contributed by atoms with Crippen molar-refractivity contribution in [1.82, 2.24) is 9.88 Å². The molecule has 4 nitrogen and oxygen atoms in total. The van der Waals surface area contributed by atoms with Gasteiger partial charge in [0.05, 0.1) is 23.3 Å². The minimum Gasteiger partial charge on any atom is -0.372 e. The fourth-order valence-corrected chi connectivity index (χ4v) is 3.70. The second-order valence-electron chi connectivity index (χ2n) is 6.73. The molecule has 0 radical (unpaired) electrons. The van der Waals surface area contributed by atoms with Crippen LogP contribution in [0.1, 0.15) is 30.6 Å². The van der Waals surface area contributed by atoms with Gasteiger partial charge in [0.15, 0.2) is 0 Å². The number of amides is 1. The Morgan fingerprint density at radius 3 is 2.84 bits per heavy atom. The van der Waals surface area contributed by atoms with Gasteiger partial charge in [-0.15, -0.1) is 0 Å². The molecule has 4 rings (SSSR count). The third kappa shape index (κ3) is 2.87. The number of ether oxygens (including phenoxy) is 1. The molecule has 3 aromatic rings. The molecule has 2 heterocycles. The Morgan fingerprint density at radius 2 is 2.00 bits per heavy atom. The summed E-state index contributed by atoms with van der Waals surface area (Å²) in [5.74, 6) is 0.0445. The predicted molar refractivity (Wildman–Crippen MR) is 99.8 cm³/mol. The number of aromatic nitrogens is 1. The molecule has 2 aromatic carbocycles. The monoisotopic (exact) mass is 334 g/mol. The van der Waals surface area contributed by atoms with E-state index in [1.54, 1.807) is 6.20 Å². The molecule has 1 fully saturated rings. The average molecular weight is 334 g/mol. The number of hydrogen-bond acceptors (Lipinski definition) is 3. The van der Waals surface area contributed by atoms with E-state index in [9.17, 15) is 4.79 Å². The summed E-state index contributed by atoms with van der Waals surface area (Å²) in [5.41, 5.74) is 1.46. The zero-order chi connectivity index (χ0) is 17.4. The lowest BCUT2D eigenvalue weighted by atomic mass is 9.99. The van der Waals surface area contributed by atoms with Gasteiger partial charge in [-0.25, -0.2) is 0 Å². The molecular weight excluding hydrogens is 312 g/mol. The van der Waals surface area contributed by atoms with Crippen LogP contribution in [-0.2, 0) is 4.74 Å². The van der Waals surface area contributed by atoms with Crippen molar-refractivity contribution >= 4 is 27.6 Å². The maximum atomic E-state index is 13.3. The van der Waals surface area contributed by atoms with E-state index in [4.69, 9.17) is 4.74 Å². The van der Waals surface area contributed by atoms with Crippen LogP contribution in [0, 0.1) is 0 Å². The molecule has 1 amide bonds. The number of pyridine rings is 1. The third-order valence-corrected chi connectivity index (χ3v) is 4.91. The number of carbonyl (C=O) groups excluding carboxylic acids is 1. The number of rotatable bonds is 2. The van der Waals surface area contributed by atoms with Crippen molar-refractivity contribution in [1.29, 1.82) is 0 Å². The molecule has 128 valence electrons. The Kier molecular flexibility index (Phi) is 4.14. The molecule has 2 unspecified atom stereocenters. The van der Waals surface area contributed by atoms with Crippen molar-refractivity contribution in [2.75, 3.05) is 13.1 Å². The SMILES string of the molecule is CCC1CN(C(=O)c2cc3ccccc3c3cccnc23)CC(C)O1. The highest BCUT2D eigenvalue weighted by molar-refractivity contribution is 6.15. The smallest absolute Gasteiger partial charge is 0.256 e. The van der Waals surface area contributed by atoms with Crippen molar-refractivity contribution in [2.24, 2.45) is 0 Å². The summed E-state index contributed by atoms with van der Waals surface area (Å²) in [5, 5.41) is 3.22. The summed E-state index contributed by atoms with van der Waals surface area (Å²) in [7, 11) is 0. The minimum atomic E-state index is 0.0445. The second-order valence-corrected chi connectivity index (χ2v) is 6.73. The molecule has 4 heteroatoms. The van der Waals surface area contributed by atoms with E-state index in [2.05, 4.69) is 24.0 Å². The first-order chi connectivity index (χ1) is 12.2. The Hall–Kier alpha value is -2.46. The number of carbonyl (C=O) groups is 1. The lowest BCUT2D eigenvalue weighted by Crippen LogP contribution is -2.49. The van der Waals surface area contributed by atoms with Crippen LogP contribution in [0.4, 0.5) is 0 Å². The molecule has 0 spiro atoms. The van der Waals surface area contributed by atoms with Crippen LogP contribution in [0.15, 0.2) is 48.7 Å². The molecule has 2 atom stereocenters. The van der Waals surface area contributed by atoms with Gasteiger partial charge >= 0.3 is 0 Å². The molecule has 0 saturated carbocycles. The van der Waals surface area contributed by atoms with Crippen molar-refractivity contribution < 1.29 is 9.53 Å². The van der Waals surface area contributed by atoms with E-state index in [1.165, 1.54) is 0 Å². The number of morpholine rings is 1. The van der Waals surface area contributed by atoms with Crippen molar-refractivity contribution in [2.45, 2.75) is 32.5 Å². The molecule has 25 heavy (non-hydrogen) atoms. The van der Waals surface area contributed by atoms with Gasteiger partial charge in [0.1, 0.15) is 0 Å². The molecule has 1 saturated heterocycles. The number of fused-ring (bicyclic) bond motifs is 3. The molecule has 1 aliphatic rings. The maximum absolute atomic E-state index is 13.3. The highest BCUT2D eigenvalue weighted by Gasteiger charge is 2.29. The van der Waals surface area contributed by atoms with E-state index in [0.29, 0.717) is 18.7 Å². The number of hydrogen-bond donors (Lipinski definition) is 0. The lowest BCUT2D eigenvalue weighted by molar-refractivity contribution is -0.0680. The van der Waals surface area contributed by atoms with E-state index < -0.39 is 0 Å². The zero-order valence-corrected chi connectivity index (χ0v) is 14.6. The van der Waals surface area contributed by atoms with Crippen LogP contribution in [0.3, 0.4) is 0 Å². The van der Waals surface area contributed by atoms with Crippen LogP contribution in [0.5, 0.6) is 0 Å². The first-order valence-corrected chi connectivity index (χ1v) is 8.88. The summed E-state index contributed by atoms with van der Waals surface area (Å²) in [6.45, 7) is 5.38. The Morgan fingerprint density at radius 1 is 1.20 bits per heavy atom. The summed E-state index contributed by atoms with van der Waals surface area (Å²) < 4.78 is 5.90. The first-order valence-electron chi connectivity index (χ1n) is 8.88. The van der Waals surface area contributed by atoms with Crippen LogP contribution >= 0.6 is 0 Å². The van der Waals surface area contributed by atoms with Crippen molar-refractivity contribution in [3.63, 3.8) is 0 Å². The largest absolute Gasteiger partial charge is 0.372 e. The molecular formula is C21H22N2O2. The summed E-state index contributed by atoms with van der Waals surface area (Å²) >= 11 is 0. The fraction of sp³-hybridized carbons (Fsp3) is 0.333.